The molecule has 0 bridgehead atoms. The van der Waals surface area contributed by atoms with Gasteiger partial charge in [-0.1, -0.05) is 0 Å². The predicted octanol–water partition coefficient (Wildman–Crippen LogP) is 2.70. The van der Waals surface area contributed by atoms with Crippen molar-refractivity contribution in [3.05, 3.63) is 29.3 Å². The van der Waals surface area contributed by atoms with Gasteiger partial charge in [-0.15, -0.1) is 0 Å². The molecule has 1 amide bonds. The van der Waals surface area contributed by atoms with Gasteiger partial charge in [0.05, 0.1) is 0 Å². The third-order valence-corrected chi connectivity index (χ3v) is 4.32. The molecular weight excluding hydrogens is 236 g/mol. The van der Waals surface area contributed by atoms with Crippen LogP contribution in [0.1, 0.15) is 41.6 Å². The van der Waals surface area contributed by atoms with Gasteiger partial charge in [0, 0.05) is 37.9 Å². The van der Waals surface area contributed by atoms with Gasteiger partial charge in [-0.05, 0) is 55.9 Å². The van der Waals surface area contributed by atoms with E-state index in [0.717, 1.165) is 44.5 Å². The molecule has 0 aromatic heterocycles. The van der Waals surface area contributed by atoms with E-state index < -0.39 is 0 Å². The number of amides is 1. The smallest absolute Gasteiger partial charge is 0.253 e. The van der Waals surface area contributed by atoms with Gasteiger partial charge >= 0.3 is 0 Å². The van der Waals surface area contributed by atoms with E-state index in [-0.39, 0.29) is 5.91 Å². The minimum Gasteiger partial charge on any atom is -0.374 e. The number of anilines is 1. The van der Waals surface area contributed by atoms with Gasteiger partial charge in [-0.3, -0.25) is 4.79 Å². The summed E-state index contributed by atoms with van der Waals surface area (Å²) < 4.78 is 0. The number of aryl methyl sites for hydroxylation is 1. The van der Waals surface area contributed by atoms with Crippen molar-refractivity contribution in [3.8, 4) is 0 Å². The Morgan fingerprint density at radius 2 is 1.84 bits per heavy atom. The average Bonchev–Trinajstić information content (AvgIpc) is 2.47. The lowest BCUT2D eigenvalue weighted by Crippen LogP contribution is -2.35. The van der Waals surface area contributed by atoms with E-state index in [1.807, 2.05) is 11.0 Å². The standard InChI is InChI=1S/C16H22N2O/c1-17-9-5-6-13-12-14(7-8-15(13)17)16(19)18-10-3-2-4-11-18/h7-8,12H,2-6,9-11H2,1H3. The largest absolute Gasteiger partial charge is 0.374 e. The van der Waals surface area contributed by atoms with Crippen LogP contribution < -0.4 is 4.90 Å². The van der Waals surface area contributed by atoms with E-state index in [9.17, 15) is 4.79 Å². The highest BCUT2D eigenvalue weighted by Crippen LogP contribution is 2.27. The van der Waals surface area contributed by atoms with Crippen LogP contribution >= 0.6 is 0 Å². The second kappa shape index (κ2) is 5.24. The molecule has 2 heterocycles. The molecule has 0 unspecified atom stereocenters. The number of hydrogen-bond acceptors (Lipinski definition) is 2. The lowest BCUT2D eigenvalue weighted by molar-refractivity contribution is 0.0724. The number of piperidine rings is 1. The average molecular weight is 258 g/mol. The van der Waals surface area contributed by atoms with Gasteiger partial charge in [0.25, 0.3) is 5.91 Å². The summed E-state index contributed by atoms with van der Waals surface area (Å²) in [5.74, 6) is 0.218. The fourth-order valence-corrected chi connectivity index (χ4v) is 3.20. The Bertz CT molecular complexity index is 478. The second-order valence-electron chi connectivity index (χ2n) is 5.72. The van der Waals surface area contributed by atoms with E-state index in [4.69, 9.17) is 0 Å². The molecule has 1 aromatic carbocycles. The van der Waals surface area contributed by atoms with Crippen molar-refractivity contribution < 1.29 is 4.79 Å². The number of carbonyl (C=O) groups is 1. The van der Waals surface area contributed by atoms with E-state index in [1.54, 1.807) is 0 Å². The Morgan fingerprint density at radius 1 is 1.05 bits per heavy atom. The highest BCUT2D eigenvalue weighted by Gasteiger charge is 2.20. The Labute approximate surface area is 115 Å². The first-order chi connectivity index (χ1) is 9.25. The third-order valence-electron chi connectivity index (χ3n) is 4.32. The maximum absolute atomic E-state index is 12.5. The minimum absolute atomic E-state index is 0.218. The van der Waals surface area contributed by atoms with Crippen molar-refractivity contribution >= 4 is 11.6 Å². The lowest BCUT2D eigenvalue weighted by Gasteiger charge is -2.29. The molecule has 1 fully saturated rings. The van der Waals surface area contributed by atoms with Crippen molar-refractivity contribution in [1.29, 1.82) is 0 Å². The van der Waals surface area contributed by atoms with Crippen LogP contribution in [0.4, 0.5) is 5.69 Å². The number of likely N-dealkylation sites (tertiary alicyclic amines) is 1. The zero-order chi connectivity index (χ0) is 13.2. The number of hydrogen-bond donors (Lipinski definition) is 0. The quantitative estimate of drug-likeness (QED) is 0.773. The summed E-state index contributed by atoms with van der Waals surface area (Å²) in [4.78, 5) is 16.8. The SMILES string of the molecule is CN1CCCc2cc(C(=O)N3CCCCC3)ccc21. The van der Waals surface area contributed by atoms with Crippen molar-refractivity contribution in [2.75, 3.05) is 31.6 Å². The van der Waals surface area contributed by atoms with Crippen LogP contribution in [0, 0.1) is 0 Å². The molecule has 3 rings (SSSR count). The summed E-state index contributed by atoms with van der Waals surface area (Å²) in [6.07, 6.45) is 5.85. The summed E-state index contributed by atoms with van der Waals surface area (Å²) in [6, 6.07) is 6.23. The van der Waals surface area contributed by atoms with Crippen molar-refractivity contribution in [2.24, 2.45) is 0 Å². The van der Waals surface area contributed by atoms with Gasteiger partial charge < -0.3 is 9.80 Å². The lowest BCUT2D eigenvalue weighted by atomic mass is 9.99. The summed E-state index contributed by atoms with van der Waals surface area (Å²) >= 11 is 0. The molecule has 1 aromatic rings. The highest BCUT2D eigenvalue weighted by molar-refractivity contribution is 5.95. The fourth-order valence-electron chi connectivity index (χ4n) is 3.20. The molecule has 0 aliphatic carbocycles. The molecular formula is C16H22N2O. The molecule has 0 N–H and O–H groups in total. The van der Waals surface area contributed by atoms with Gasteiger partial charge in [0.15, 0.2) is 0 Å². The molecule has 2 aliphatic heterocycles. The van der Waals surface area contributed by atoms with Crippen LogP contribution in [0.25, 0.3) is 0 Å². The van der Waals surface area contributed by atoms with E-state index in [2.05, 4.69) is 24.1 Å². The number of carbonyl (C=O) groups excluding carboxylic acids is 1. The normalized spacial score (nSPS) is 19.2. The molecule has 0 radical (unpaired) electrons. The van der Waals surface area contributed by atoms with Crippen molar-refractivity contribution in [1.82, 2.24) is 4.90 Å². The van der Waals surface area contributed by atoms with E-state index >= 15 is 0 Å². The molecule has 3 nitrogen and oxygen atoms in total. The Morgan fingerprint density at radius 3 is 2.63 bits per heavy atom. The molecule has 0 saturated carbocycles. The molecule has 19 heavy (non-hydrogen) atoms. The Balaban J connectivity index is 1.83. The first-order valence-corrected chi connectivity index (χ1v) is 7.39. The number of rotatable bonds is 1. The Kier molecular flexibility index (Phi) is 3.45. The predicted molar refractivity (Wildman–Crippen MR) is 77.8 cm³/mol. The van der Waals surface area contributed by atoms with Crippen molar-refractivity contribution in [3.63, 3.8) is 0 Å². The fraction of sp³-hybridized carbons (Fsp3) is 0.562. The van der Waals surface area contributed by atoms with Crippen LogP contribution in [0.15, 0.2) is 18.2 Å². The summed E-state index contributed by atoms with van der Waals surface area (Å²) in [5, 5.41) is 0. The third kappa shape index (κ3) is 2.46. The van der Waals surface area contributed by atoms with Gasteiger partial charge in [-0.2, -0.15) is 0 Å². The number of nitrogens with zero attached hydrogens (tertiary/aromatic N) is 2. The first kappa shape index (κ1) is 12.5. The van der Waals surface area contributed by atoms with Gasteiger partial charge in [-0.25, -0.2) is 0 Å². The highest BCUT2D eigenvalue weighted by atomic mass is 16.2. The summed E-state index contributed by atoms with van der Waals surface area (Å²) in [6.45, 7) is 2.97. The zero-order valence-electron chi connectivity index (χ0n) is 11.7. The van der Waals surface area contributed by atoms with Gasteiger partial charge in [0.1, 0.15) is 0 Å². The number of benzene rings is 1. The second-order valence-corrected chi connectivity index (χ2v) is 5.72. The van der Waals surface area contributed by atoms with Crippen LogP contribution in [-0.4, -0.2) is 37.5 Å². The topological polar surface area (TPSA) is 23.6 Å². The molecule has 2 aliphatic rings. The van der Waals surface area contributed by atoms with E-state index in [1.165, 1.54) is 24.1 Å². The summed E-state index contributed by atoms with van der Waals surface area (Å²) in [5.41, 5.74) is 3.49. The van der Waals surface area contributed by atoms with Crippen molar-refractivity contribution in [2.45, 2.75) is 32.1 Å². The van der Waals surface area contributed by atoms with Crippen LogP contribution in [0.5, 0.6) is 0 Å². The maximum Gasteiger partial charge on any atom is 0.253 e. The molecule has 0 spiro atoms. The number of fused-ring (bicyclic) bond motifs is 1. The monoisotopic (exact) mass is 258 g/mol. The molecule has 102 valence electrons. The van der Waals surface area contributed by atoms with Gasteiger partial charge in [0.2, 0.25) is 0 Å². The minimum atomic E-state index is 0.218. The van der Waals surface area contributed by atoms with Crippen LogP contribution in [-0.2, 0) is 6.42 Å². The maximum atomic E-state index is 12.5. The molecule has 3 heteroatoms. The zero-order valence-corrected chi connectivity index (χ0v) is 11.7. The molecule has 0 atom stereocenters. The molecule has 1 saturated heterocycles. The van der Waals surface area contributed by atoms with E-state index in [0.29, 0.717) is 0 Å². The summed E-state index contributed by atoms with van der Waals surface area (Å²) in [7, 11) is 2.13. The Hall–Kier alpha value is -1.51. The first-order valence-electron chi connectivity index (χ1n) is 7.39. The van der Waals surface area contributed by atoms with Crippen LogP contribution in [0.2, 0.25) is 0 Å². The van der Waals surface area contributed by atoms with Crippen LogP contribution in [0.3, 0.4) is 0 Å².